The molecule has 0 radical (unpaired) electrons. The average molecular weight is 459 g/mol. The van der Waals surface area contributed by atoms with Gasteiger partial charge in [-0.05, 0) is 55.3 Å². The van der Waals surface area contributed by atoms with Gasteiger partial charge in [-0.25, -0.2) is 4.98 Å². The van der Waals surface area contributed by atoms with E-state index in [0.717, 1.165) is 39.0 Å². The maximum atomic E-state index is 12.3. The molecule has 0 saturated heterocycles. The van der Waals surface area contributed by atoms with Crippen LogP contribution in [0.5, 0.6) is 11.5 Å². The van der Waals surface area contributed by atoms with Gasteiger partial charge in [0.05, 0.1) is 19.4 Å². The molecular weight excluding hydrogens is 432 g/mol. The Bertz CT molecular complexity index is 1200. The van der Waals surface area contributed by atoms with E-state index in [2.05, 4.69) is 29.8 Å². The summed E-state index contributed by atoms with van der Waals surface area (Å²) in [5, 5.41) is 6.02. The van der Waals surface area contributed by atoms with Crippen LogP contribution in [-0.2, 0) is 4.79 Å². The lowest BCUT2D eigenvalue weighted by atomic mass is 10.1. The molecule has 6 heteroatoms. The second kappa shape index (κ2) is 10.8. The summed E-state index contributed by atoms with van der Waals surface area (Å²) < 4.78 is 10.8. The van der Waals surface area contributed by atoms with Crippen molar-refractivity contribution in [2.45, 2.75) is 19.8 Å². The van der Waals surface area contributed by atoms with Crippen molar-refractivity contribution in [3.63, 3.8) is 0 Å². The van der Waals surface area contributed by atoms with E-state index in [-0.39, 0.29) is 5.91 Å². The average Bonchev–Trinajstić information content (AvgIpc) is 3.33. The summed E-state index contributed by atoms with van der Waals surface area (Å²) in [5.74, 6) is 1.52. The van der Waals surface area contributed by atoms with E-state index in [1.165, 1.54) is 5.56 Å². The summed E-state index contributed by atoms with van der Waals surface area (Å²) in [6.07, 6.45) is 1.03. The Kier molecular flexibility index (Phi) is 7.37. The number of methoxy groups -OCH3 is 1. The summed E-state index contributed by atoms with van der Waals surface area (Å²) in [6.45, 7) is 2.57. The standard InChI is InChI=1S/C27H26N2O3S/c1-19-6-3-4-7-24(19)27-29-25(18-33-27)20-9-11-21(12-10-20)28-26(30)8-5-17-32-23-15-13-22(31-2)14-16-23/h3-4,6-7,9-16,18H,5,8,17H2,1-2H3,(H,28,30). The third-order valence-electron chi connectivity index (χ3n) is 5.22. The first-order valence-electron chi connectivity index (χ1n) is 10.8. The molecule has 1 aromatic heterocycles. The molecule has 0 spiro atoms. The fraction of sp³-hybridized carbons (Fsp3) is 0.185. The SMILES string of the molecule is COc1ccc(OCCCC(=O)Nc2ccc(-c3csc(-c4ccccc4C)n3)cc2)cc1. The van der Waals surface area contributed by atoms with Gasteiger partial charge in [0.1, 0.15) is 16.5 Å². The molecule has 3 aromatic carbocycles. The highest BCUT2D eigenvalue weighted by Gasteiger charge is 2.09. The van der Waals surface area contributed by atoms with Crippen LogP contribution in [-0.4, -0.2) is 24.6 Å². The molecule has 5 nitrogen and oxygen atoms in total. The minimum atomic E-state index is -0.0309. The van der Waals surface area contributed by atoms with Gasteiger partial charge in [-0.15, -0.1) is 11.3 Å². The molecule has 33 heavy (non-hydrogen) atoms. The maximum absolute atomic E-state index is 12.3. The Hall–Kier alpha value is -3.64. The zero-order valence-corrected chi connectivity index (χ0v) is 19.5. The monoisotopic (exact) mass is 458 g/mol. The van der Waals surface area contributed by atoms with E-state index in [0.29, 0.717) is 19.4 Å². The largest absolute Gasteiger partial charge is 0.497 e. The molecule has 0 bridgehead atoms. The number of anilines is 1. The van der Waals surface area contributed by atoms with Gasteiger partial charge in [-0.3, -0.25) is 4.79 Å². The number of thiazole rings is 1. The highest BCUT2D eigenvalue weighted by atomic mass is 32.1. The van der Waals surface area contributed by atoms with Gasteiger partial charge in [-0.1, -0.05) is 36.4 Å². The van der Waals surface area contributed by atoms with Gasteiger partial charge in [-0.2, -0.15) is 0 Å². The Labute approximate surface area is 198 Å². The quantitative estimate of drug-likeness (QED) is 0.287. The normalized spacial score (nSPS) is 10.6. The lowest BCUT2D eigenvalue weighted by molar-refractivity contribution is -0.116. The van der Waals surface area contributed by atoms with Crippen LogP contribution >= 0.6 is 11.3 Å². The van der Waals surface area contributed by atoms with Gasteiger partial charge >= 0.3 is 0 Å². The molecule has 1 N–H and O–H groups in total. The maximum Gasteiger partial charge on any atom is 0.224 e. The molecule has 1 amide bonds. The predicted molar refractivity (Wildman–Crippen MR) is 134 cm³/mol. The first-order valence-corrected chi connectivity index (χ1v) is 11.7. The van der Waals surface area contributed by atoms with Crippen molar-refractivity contribution in [3.8, 4) is 33.3 Å². The predicted octanol–water partition coefficient (Wildman–Crippen LogP) is 6.59. The molecule has 0 fully saturated rings. The van der Waals surface area contributed by atoms with Crippen LogP contribution < -0.4 is 14.8 Å². The smallest absolute Gasteiger partial charge is 0.224 e. The number of carbonyl (C=O) groups is 1. The molecule has 0 atom stereocenters. The summed E-state index contributed by atoms with van der Waals surface area (Å²) in [6, 6.07) is 23.5. The van der Waals surface area contributed by atoms with E-state index in [1.54, 1.807) is 18.4 Å². The van der Waals surface area contributed by atoms with Crippen LogP contribution in [0.4, 0.5) is 5.69 Å². The van der Waals surface area contributed by atoms with Gasteiger partial charge in [0.25, 0.3) is 0 Å². The number of benzene rings is 3. The molecule has 168 valence electrons. The minimum absolute atomic E-state index is 0.0309. The molecule has 0 unspecified atom stereocenters. The molecular formula is C27H26N2O3S. The summed E-state index contributed by atoms with van der Waals surface area (Å²) >= 11 is 1.64. The Balaban J connectivity index is 1.26. The van der Waals surface area contributed by atoms with Gasteiger partial charge < -0.3 is 14.8 Å². The van der Waals surface area contributed by atoms with Crippen molar-refractivity contribution in [1.82, 2.24) is 4.98 Å². The number of carbonyl (C=O) groups excluding carboxylic acids is 1. The van der Waals surface area contributed by atoms with E-state index in [9.17, 15) is 4.79 Å². The van der Waals surface area contributed by atoms with Crippen molar-refractivity contribution in [1.29, 1.82) is 0 Å². The first kappa shape index (κ1) is 22.6. The molecule has 0 aliphatic carbocycles. The van der Waals surface area contributed by atoms with Crippen molar-refractivity contribution < 1.29 is 14.3 Å². The Morgan fingerprint density at radius 1 is 0.970 bits per heavy atom. The number of aryl methyl sites for hydroxylation is 1. The number of hydrogen-bond donors (Lipinski definition) is 1. The van der Waals surface area contributed by atoms with Crippen LogP contribution in [0.25, 0.3) is 21.8 Å². The van der Waals surface area contributed by atoms with E-state index in [1.807, 2.05) is 60.7 Å². The highest BCUT2D eigenvalue weighted by molar-refractivity contribution is 7.13. The third kappa shape index (κ3) is 5.99. The minimum Gasteiger partial charge on any atom is -0.497 e. The number of hydrogen-bond acceptors (Lipinski definition) is 5. The van der Waals surface area contributed by atoms with Crippen molar-refractivity contribution in [2.75, 3.05) is 19.0 Å². The van der Waals surface area contributed by atoms with Gasteiger partial charge in [0.15, 0.2) is 0 Å². The van der Waals surface area contributed by atoms with Crippen LogP contribution in [0.3, 0.4) is 0 Å². The van der Waals surface area contributed by atoms with Crippen LogP contribution in [0.15, 0.2) is 78.2 Å². The first-order chi connectivity index (χ1) is 16.1. The van der Waals surface area contributed by atoms with Crippen molar-refractivity contribution >= 4 is 22.9 Å². The number of ether oxygens (including phenoxy) is 2. The van der Waals surface area contributed by atoms with Crippen LogP contribution in [0.1, 0.15) is 18.4 Å². The number of aromatic nitrogens is 1. The highest BCUT2D eigenvalue weighted by Crippen LogP contribution is 2.31. The van der Waals surface area contributed by atoms with Crippen LogP contribution in [0, 0.1) is 6.92 Å². The lowest BCUT2D eigenvalue weighted by Gasteiger charge is -2.08. The second-order valence-electron chi connectivity index (χ2n) is 7.61. The summed E-state index contributed by atoms with van der Waals surface area (Å²) in [7, 11) is 1.63. The Morgan fingerprint density at radius 2 is 1.70 bits per heavy atom. The fourth-order valence-electron chi connectivity index (χ4n) is 3.39. The molecule has 0 aliphatic heterocycles. The molecule has 4 rings (SSSR count). The zero-order chi connectivity index (χ0) is 23.0. The fourth-order valence-corrected chi connectivity index (χ4v) is 4.30. The Morgan fingerprint density at radius 3 is 2.42 bits per heavy atom. The number of nitrogens with one attached hydrogen (secondary N) is 1. The molecule has 4 aromatic rings. The van der Waals surface area contributed by atoms with Crippen molar-refractivity contribution in [2.24, 2.45) is 0 Å². The number of nitrogens with zero attached hydrogens (tertiary/aromatic N) is 1. The van der Waals surface area contributed by atoms with Crippen LogP contribution in [0.2, 0.25) is 0 Å². The van der Waals surface area contributed by atoms with Gasteiger partial charge in [0.2, 0.25) is 5.91 Å². The molecule has 0 aliphatic rings. The number of amides is 1. The third-order valence-corrected chi connectivity index (χ3v) is 6.10. The van der Waals surface area contributed by atoms with E-state index in [4.69, 9.17) is 14.5 Å². The summed E-state index contributed by atoms with van der Waals surface area (Å²) in [5.41, 5.74) is 5.11. The molecule has 1 heterocycles. The topological polar surface area (TPSA) is 60.5 Å². The number of rotatable bonds is 9. The lowest BCUT2D eigenvalue weighted by Crippen LogP contribution is -2.12. The van der Waals surface area contributed by atoms with E-state index >= 15 is 0 Å². The zero-order valence-electron chi connectivity index (χ0n) is 18.7. The van der Waals surface area contributed by atoms with Gasteiger partial charge in [0, 0.05) is 28.6 Å². The van der Waals surface area contributed by atoms with Crippen molar-refractivity contribution in [3.05, 3.63) is 83.7 Å². The second-order valence-corrected chi connectivity index (χ2v) is 8.46. The summed E-state index contributed by atoms with van der Waals surface area (Å²) in [4.78, 5) is 17.1. The van der Waals surface area contributed by atoms with E-state index < -0.39 is 0 Å². The molecule has 0 saturated carbocycles.